The fraction of sp³-hybridized carbons (Fsp3) is 0.955. The monoisotopic (exact) mass is 356 g/mol. The number of aliphatic hydroxyl groups is 1. The van der Waals surface area contributed by atoms with Crippen LogP contribution in [0.3, 0.4) is 0 Å². The maximum Gasteiger partial charge on any atom is 0.306 e. The quantitative estimate of drug-likeness (QED) is 0.237. The maximum absolute atomic E-state index is 11.6. The lowest BCUT2D eigenvalue weighted by atomic mass is 10.0. The van der Waals surface area contributed by atoms with Gasteiger partial charge >= 0.3 is 5.97 Å². The molecular formula is C22H44O3. The van der Waals surface area contributed by atoms with Gasteiger partial charge in [0.2, 0.25) is 0 Å². The van der Waals surface area contributed by atoms with Crippen LogP contribution in [-0.2, 0) is 9.53 Å². The van der Waals surface area contributed by atoms with Gasteiger partial charge in [0.15, 0.2) is 0 Å². The van der Waals surface area contributed by atoms with Crippen molar-refractivity contribution >= 4 is 5.97 Å². The molecule has 3 heteroatoms. The fourth-order valence-corrected chi connectivity index (χ4v) is 3.07. The first-order valence-corrected chi connectivity index (χ1v) is 10.8. The summed E-state index contributed by atoms with van der Waals surface area (Å²) in [5.41, 5.74) is -0.350. The van der Waals surface area contributed by atoms with Crippen LogP contribution in [-0.4, -0.2) is 23.3 Å². The minimum absolute atomic E-state index is 0.0547. The molecule has 0 rings (SSSR count). The smallest absolute Gasteiger partial charge is 0.306 e. The number of aliphatic hydroxyl groups excluding tert-OH is 1. The largest absolute Gasteiger partial charge is 0.460 e. The molecule has 0 aromatic rings. The van der Waals surface area contributed by atoms with Gasteiger partial charge in [0.1, 0.15) is 5.60 Å². The molecule has 0 bridgehead atoms. The van der Waals surface area contributed by atoms with E-state index in [0.29, 0.717) is 13.0 Å². The third-order valence-corrected chi connectivity index (χ3v) is 4.46. The predicted octanol–water partition coefficient (Wildman–Crippen LogP) is 6.56. The number of hydrogen-bond donors (Lipinski definition) is 1. The molecule has 1 N–H and O–H groups in total. The highest BCUT2D eigenvalue weighted by Gasteiger charge is 2.15. The van der Waals surface area contributed by atoms with Gasteiger partial charge < -0.3 is 9.84 Å². The van der Waals surface area contributed by atoms with Crippen molar-refractivity contribution in [2.24, 2.45) is 0 Å². The summed E-state index contributed by atoms with van der Waals surface area (Å²) in [6.45, 7) is 6.11. The van der Waals surface area contributed by atoms with Crippen molar-refractivity contribution in [2.45, 2.75) is 129 Å². The van der Waals surface area contributed by atoms with E-state index in [9.17, 15) is 4.79 Å². The molecule has 0 aromatic carbocycles. The summed E-state index contributed by atoms with van der Waals surface area (Å²) >= 11 is 0. The van der Waals surface area contributed by atoms with Gasteiger partial charge in [0.25, 0.3) is 0 Å². The molecule has 0 radical (unpaired) electrons. The Morgan fingerprint density at radius 3 is 1.28 bits per heavy atom. The van der Waals surface area contributed by atoms with E-state index >= 15 is 0 Å². The third kappa shape index (κ3) is 21.4. The number of hydrogen-bond acceptors (Lipinski definition) is 3. The van der Waals surface area contributed by atoms with Gasteiger partial charge in [0.05, 0.1) is 0 Å². The maximum atomic E-state index is 11.6. The van der Waals surface area contributed by atoms with Crippen LogP contribution in [0.25, 0.3) is 0 Å². The molecule has 0 aliphatic heterocycles. The van der Waals surface area contributed by atoms with Gasteiger partial charge in [-0.2, -0.15) is 0 Å². The van der Waals surface area contributed by atoms with Crippen molar-refractivity contribution in [1.82, 2.24) is 0 Å². The molecule has 0 heterocycles. The average Bonchev–Trinajstić information content (AvgIpc) is 2.53. The van der Waals surface area contributed by atoms with Crippen molar-refractivity contribution < 1.29 is 14.6 Å². The summed E-state index contributed by atoms with van der Waals surface area (Å²) in [4.78, 5) is 11.6. The number of unbranched alkanes of at least 4 members (excludes halogenated alkanes) is 14. The second-order valence-corrected chi connectivity index (χ2v) is 8.36. The van der Waals surface area contributed by atoms with Crippen LogP contribution < -0.4 is 0 Å². The fourth-order valence-electron chi connectivity index (χ4n) is 3.07. The summed E-state index contributed by atoms with van der Waals surface area (Å²) in [5, 5.41) is 8.71. The Bertz CT molecular complexity index is 294. The first kappa shape index (κ1) is 24.4. The van der Waals surface area contributed by atoms with Crippen molar-refractivity contribution in [1.29, 1.82) is 0 Å². The Balaban J connectivity index is 3.13. The van der Waals surface area contributed by atoms with Crippen molar-refractivity contribution in [3.8, 4) is 0 Å². The Morgan fingerprint density at radius 2 is 0.960 bits per heavy atom. The van der Waals surface area contributed by atoms with Gasteiger partial charge in [0, 0.05) is 13.0 Å². The highest BCUT2D eigenvalue weighted by atomic mass is 16.6. The van der Waals surface area contributed by atoms with Crippen LogP contribution in [0.2, 0.25) is 0 Å². The zero-order chi connectivity index (χ0) is 18.8. The normalized spacial score (nSPS) is 11.7. The van der Waals surface area contributed by atoms with Gasteiger partial charge in [-0.1, -0.05) is 83.5 Å². The Kier molecular flexibility index (Phi) is 16.5. The lowest BCUT2D eigenvalue weighted by Crippen LogP contribution is -2.23. The molecule has 0 aromatic heterocycles. The van der Waals surface area contributed by atoms with Crippen LogP contribution in [0.5, 0.6) is 0 Å². The summed E-state index contributed by atoms with van der Waals surface area (Å²) in [7, 11) is 0. The van der Waals surface area contributed by atoms with E-state index < -0.39 is 0 Å². The molecule has 0 saturated carbocycles. The zero-order valence-electron chi connectivity index (χ0n) is 17.3. The molecule has 0 amide bonds. The number of carbonyl (C=O) groups is 1. The molecular weight excluding hydrogens is 312 g/mol. The number of carbonyl (C=O) groups excluding carboxylic acids is 1. The lowest BCUT2D eigenvalue weighted by molar-refractivity contribution is -0.154. The van der Waals surface area contributed by atoms with E-state index in [0.717, 1.165) is 19.3 Å². The minimum atomic E-state index is -0.350. The second kappa shape index (κ2) is 16.9. The SMILES string of the molecule is CC(C)(C)OC(=O)CCCCCCCCCCCCCCCCCO. The first-order chi connectivity index (χ1) is 12.0. The van der Waals surface area contributed by atoms with E-state index in [1.54, 1.807) is 0 Å². The molecule has 0 aliphatic rings. The van der Waals surface area contributed by atoms with E-state index in [1.165, 1.54) is 77.0 Å². The van der Waals surface area contributed by atoms with Crippen LogP contribution in [0, 0.1) is 0 Å². The molecule has 3 nitrogen and oxygen atoms in total. The molecule has 25 heavy (non-hydrogen) atoms. The van der Waals surface area contributed by atoms with E-state index in [1.807, 2.05) is 20.8 Å². The van der Waals surface area contributed by atoms with Crippen LogP contribution in [0.4, 0.5) is 0 Å². The predicted molar refractivity (Wildman–Crippen MR) is 107 cm³/mol. The Morgan fingerprint density at radius 1 is 0.640 bits per heavy atom. The molecule has 150 valence electrons. The minimum Gasteiger partial charge on any atom is -0.460 e. The second-order valence-electron chi connectivity index (χ2n) is 8.36. The standard InChI is InChI=1S/C22H44O3/c1-22(2,3)25-21(24)19-17-15-13-11-9-7-5-4-6-8-10-12-14-16-18-20-23/h23H,4-20H2,1-3H3. The molecule has 0 spiro atoms. The van der Waals surface area contributed by atoms with Gasteiger partial charge in [-0.3, -0.25) is 4.79 Å². The van der Waals surface area contributed by atoms with Crippen molar-refractivity contribution in [2.75, 3.05) is 6.61 Å². The zero-order valence-corrected chi connectivity index (χ0v) is 17.3. The number of ether oxygens (including phenoxy) is 1. The molecule has 0 aliphatic carbocycles. The van der Waals surface area contributed by atoms with Crippen molar-refractivity contribution in [3.63, 3.8) is 0 Å². The van der Waals surface area contributed by atoms with Gasteiger partial charge in [-0.15, -0.1) is 0 Å². The number of rotatable bonds is 17. The Hall–Kier alpha value is -0.570. The highest BCUT2D eigenvalue weighted by Crippen LogP contribution is 2.14. The van der Waals surface area contributed by atoms with Gasteiger partial charge in [-0.05, 0) is 33.6 Å². The molecule has 0 saturated heterocycles. The molecule has 0 atom stereocenters. The van der Waals surface area contributed by atoms with Crippen LogP contribution in [0.15, 0.2) is 0 Å². The van der Waals surface area contributed by atoms with Gasteiger partial charge in [-0.25, -0.2) is 0 Å². The van der Waals surface area contributed by atoms with E-state index in [4.69, 9.17) is 9.84 Å². The van der Waals surface area contributed by atoms with Crippen molar-refractivity contribution in [3.05, 3.63) is 0 Å². The van der Waals surface area contributed by atoms with E-state index in [-0.39, 0.29) is 11.6 Å². The average molecular weight is 357 g/mol. The summed E-state index contributed by atoms with van der Waals surface area (Å²) < 4.78 is 5.31. The topological polar surface area (TPSA) is 46.5 Å². The summed E-state index contributed by atoms with van der Waals surface area (Å²) in [6.07, 6.45) is 19.6. The summed E-state index contributed by atoms with van der Waals surface area (Å²) in [6, 6.07) is 0. The van der Waals surface area contributed by atoms with E-state index in [2.05, 4.69) is 0 Å². The Labute approximate surface area is 156 Å². The highest BCUT2D eigenvalue weighted by molar-refractivity contribution is 5.69. The first-order valence-electron chi connectivity index (χ1n) is 10.8. The van der Waals surface area contributed by atoms with Crippen LogP contribution >= 0.6 is 0 Å². The molecule has 0 fully saturated rings. The molecule has 0 unspecified atom stereocenters. The number of esters is 1. The lowest BCUT2D eigenvalue weighted by Gasteiger charge is -2.19. The third-order valence-electron chi connectivity index (χ3n) is 4.46. The summed E-state index contributed by atoms with van der Waals surface area (Å²) in [5.74, 6) is -0.0547. The van der Waals surface area contributed by atoms with Crippen LogP contribution in [0.1, 0.15) is 124 Å².